The standard InChI is InChI=1S/C16H23N3O/c1-13(2)15-18-9-10-19(15)11-16(12-20,17-3)14-7-5-4-6-8-14/h4-10,13,17,20H,11-12H2,1-3H3. The van der Waals surface area contributed by atoms with E-state index in [1.54, 1.807) is 0 Å². The maximum absolute atomic E-state index is 9.96. The summed E-state index contributed by atoms with van der Waals surface area (Å²) in [4.78, 5) is 4.42. The SMILES string of the molecule is CNC(CO)(Cn1ccnc1C(C)C)c1ccccc1. The van der Waals surface area contributed by atoms with E-state index in [1.807, 2.05) is 49.8 Å². The van der Waals surface area contributed by atoms with Gasteiger partial charge in [0.05, 0.1) is 12.1 Å². The van der Waals surface area contributed by atoms with Crippen LogP contribution < -0.4 is 5.32 Å². The molecule has 1 unspecified atom stereocenters. The van der Waals surface area contributed by atoms with Crippen LogP contribution in [0.4, 0.5) is 0 Å². The summed E-state index contributed by atoms with van der Waals surface area (Å²) in [6.45, 7) is 4.93. The van der Waals surface area contributed by atoms with Gasteiger partial charge in [0.15, 0.2) is 0 Å². The van der Waals surface area contributed by atoms with Crippen molar-refractivity contribution < 1.29 is 5.11 Å². The molecule has 1 atom stereocenters. The predicted octanol–water partition coefficient (Wildman–Crippen LogP) is 2.11. The molecule has 0 aliphatic rings. The van der Waals surface area contributed by atoms with Crippen LogP contribution in [-0.4, -0.2) is 28.3 Å². The van der Waals surface area contributed by atoms with Crippen molar-refractivity contribution in [3.8, 4) is 0 Å². The molecule has 2 N–H and O–H groups in total. The third kappa shape index (κ3) is 2.76. The highest BCUT2D eigenvalue weighted by atomic mass is 16.3. The zero-order valence-electron chi connectivity index (χ0n) is 12.4. The number of hydrogen-bond donors (Lipinski definition) is 2. The highest BCUT2D eigenvalue weighted by molar-refractivity contribution is 5.25. The van der Waals surface area contributed by atoms with Crippen LogP contribution in [-0.2, 0) is 12.1 Å². The molecule has 2 aromatic rings. The van der Waals surface area contributed by atoms with E-state index in [2.05, 4.69) is 28.7 Å². The molecule has 0 fully saturated rings. The fourth-order valence-electron chi connectivity index (χ4n) is 2.54. The minimum atomic E-state index is -0.494. The molecule has 4 heteroatoms. The fraction of sp³-hybridized carbons (Fsp3) is 0.438. The molecular weight excluding hydrogens is 250 g/mol. The highest BCUT2D eigenvalue weighted by Gasteiger charge is 2.31. The molecule has 0 saturated heterocycles. The average molecular weight is 273 g/mol. The van der Waals surface area contributed by atoms with Crippen molar-refractivity contribution >= 4 is 0 Å². The van der Waals surface area contributed by atoms with Gasteiger partial charge in [-0.3, -0.25) is 0 Å². The van der Waals surface area contributed by atoms with Gasteiger partial charge in [0.1, 0.15) is 5.82 Å². The third-order valence-electron chi connectivity index (χ3n) is 3.78. The van der Waals surface area contributed by atoms with Crippen molar-refractivity contribution in [3.05, 3.63) is 54.1 Å². The van der Waals surface area contributed by atoms with Crippen LogP contribution >= 0.6 is 0 Å². The molecule has 0 spiro atoms. The normalized spacial score (nSPS) is 14.4. The van der Waals surface area contributed by atoms with Gasteiger partial charge in [-0.25, -0.2) is 4.98 Å². The van der Waals surface area contributed by atoms with Crippen LogP contribution in [0, 0.1) is 0 Å². The van der Waals surface area contributed by atoms with Gasteiger partial charge in [0, 0.05) is 24.9 Å². The number of hydrogen-bond acceptors (Lipinski definition) is 3. The van der Waals surface area contributed by atoms with E-state index in [-0.39, 0.29) is 6.61 Å². The van der Waals surface area contributed by atoms with Crippen LogP contribution in [0.25, 0.3) is 0 Å². The molecule has 1 heterocycles. The van der Waals surface area contributed by atoms with Gasteiger partial charge in [-0.1, -0.05) is 44.2 Å². The van der Waals surface area contributed by atoms with E-state index >= 15 is 0 Å². The number of aliphatic hydroxyl groups excluding tert-OH is 1. The van der Waals surface area contributed by atoms with Crippen molar-refractivity contribution in [2.24, 2.45) is 0 Å². The minimum Gasteiger partial charge on any atom is -0.394 e. The molecule has 1 aromatic heterocycles. The van der Waals surface area contributed by atoms with Gasteiger partial charge in [-0.05, 0) is 12.6 Å². The Morgan fingerprint density at radius 2 is 2.00 bits per heavy atom. The van der Waals surface area contributed by atoms with Gasteiger partial charge in [0.25, 0.3) is 0 Å². The summed E-state index contributed by atoms with van der Waals surface area (Å²) < 4.78 is 2.12. The van der Waals surface area contributed by atoms with E-state index in [0.29, 0.717) is 12.5 Å². The molecule has 0 aliphatic carbocycles. The van der Waals surface area contributed by atoms with Crippen molar-refractivity contribution in [2.45, 2.75) is 31.8 Å². The molecule has 2 rings (SSSR count). The second kappa shape index (κ2) is 6.20. The predicted molar refractivity (Wildman–Crippen MR) is 80.6 cm³/mol. The lowest BCUT2D eigenvalue weighted by molar-refractivity contribution is 0.149. The first kappa shape index (κ1) is 14.8. The van der Waals surface area contributed by atoms with Crippen LogP contribution in [0.2, 0.25) is 0 Å². The van der Waals surface area contributed by atoms with Crippen molar-refractivity contribution in [1.82, 2.24) is 14.9 Å². The van der Waals surface area contributed by atoms with Crippen molar-refractivity contribution in [2.75, 3.05) is 13.7 Å². The third-order valence-corrected chi connectivity index (χ3v) is 3.78. The van der Waals surface area contributed by atoms with Crippen LogP contribution in [0.3, 0.4) is 0 Å². The Kier molecular flexibility index (Phi) is 4.57. The lowest BCUT2D eigenvalue weighted by Crippen LogP contribution is -2.47. The molecule has 0 aliphatic heterocycles. The molecule has 0 radical (unpaired) electrons. The zero-order valence-corrected chi connectivity index (χ0v) is 12.4. The van der Waals surface area contributed by atoms with E-state index in [0.717, 1.165) is 11.4 Å². The number of benzene rings is 1. The van der Waals surface area contributed by atoms with Gasteiger partial charge in [-0.2, -0.15) is 0 Å². The van der Waals surface area contributed by atoms with Crippen LogP contribution in [0.1, 0.15) is 31.2 Å². The summed E-state index contributed by atoms with van der Waals surface area (Å²) in [5.41, 5.74) is 0.583. The van der Waals surface area contributed by atoms with Gasteiger partial charge in [0.2, 0.25) is 0 Å². The number of aliphatic hydroxyl groups is 1. The van der Waals surface area contributed by atoms with Gasteiger partial charge >= 0.3 is 0 Å². The van der Waals surface area contributed by atoms with Crippen LogP contribution in [0.5, 0.6) is 0 Å². The molecular formula is C16H23N3O. The van der Waals surface area contributed by atoms with E-state index in [4.69, 9.17) is 0 Å². The molecule has 4 nitrogen and oxygen atoms in total. The first-order chi connectivity index (χ1) is 9.63. The molecule has 0 saturated carbocycles. The molecule has 1 aromatic carbocycles. The zero-order chi connectivity index (χ0) is 14.6. The maximum Gasteiger partial charge on any atom is 0.111 e. The lowest BCUT2D eigenvalue weighted by atomic mass is 9.90. The number of aromatic nitrogens is 2. The highest BCUT2D eigenvalue weighted by Crippen LogP contribution is 2.24. The minimum absolute atomic E-state index is 0.0310. The average Bonchev–Trinajstić information content (AvgIpc) is 2.94. The summed E-state index contributed by atoms with van der Waals surface area (Å²) >= 11 is 0. The number of nitrogens with one attached hydrogen (secondary N) is 1. The Morgan fingerprint density at radius 1 is 1.30 bits per heavy atom. The summed E-state index contributed by atoms with van der Waals surface area (Å²) in [7, 11) is 1.88. The molecule has 20 heavy (non-hydrogen) atoms. The summed E-state index contributed by atoms with van der Waals surface area (Å²) in [5, 5.41) is 13.2. The number of likely N-dealkylation sites (N-methyl/N-ethyl adjacent to an activating group) is 1. The smallest absolute Gasteiger partial charge is 0.111 e. The number of nitrogens with zero attached hydrogens (tertiary/aromatic N) is 2. The van der Waals surface area contributed by atoms with Gasteiger partial charge < -0.3 is 15.0 Å². The largest absolute Gasteiger partial charge is 0.394 e. The lowest BCUT2D eigenvalue weighted by Gasteiger charge is -2.33. The first-order valence-electron chi connectivity index (χ1n) is 6.99. The van der Waals surface area contributed by atoms with Crippen LogP contribution in [0.15, 0.2) is 42.7 Å². The second-order valence-electron chi connectivity index (χ2n) is 5.42. The monoisotopic (exact) mass is 273 g/mol. The Labute approximate surface area is 120 Å². The number of rotatable bonds is 6. The molecule has 0 bridgehead atoms. The van der Waals surface area contributed by atoms with Crippen molar-refractivity contribution in [1.29, 1.82) is 0 Å². The molecule has 108 valence electrons. The maximum atomic E-state index is 9.96. The quantitative estimate of drug-likeness (QED) is 0.847. The topological polar surface area (TPSA) is 50.1 Å². The van der Waals surface area contributed by atoms with Gasteiger partial charge in [-0.15, -0.1) is 0 Å². The summed E-state index contributed by atoms with van der Waals surface area (Å²) in [6, 6.07) is 10.1. The first-order valence-corrected chi connectivity index (χ1v) is 6.99. The second-order valence-corrected chi connectivity index (χ2v) is 5.42. The van der Waals surface area contributed by atoms with Crippen molar-refractivity contribution in [3.63, 3.8) is 0 Å². The Morgan fingerprint density at radius 3 is 2.55 bits per heavy atom. The number of imidazole rings is 1. The Bertz CT molecular complexity index is 530. The summed E-state index contributed by atoms with van der Waals surface area (Å²) in [5.74, 6) is 1.39. The van der Waals surface area contributed by atoms with E-state index in [9.17, 15) is 5.11 Å². The molecule has 0 amide bonds. The fourth-order valence-corrected chi connectivity index (χ4v) is 2.54. The van der Waals surface area contributed by atoms with E-state index in [1.165, 1.54) is 0 Å². The summed E-state index contributed by atoms with van der Waals surface area (Å²) in [6.07, 6.45) is 3.79. The van der Waals surface area contributed by atoms with E-state index < -0.39 is 5.54 Å². The Balaban J connectivity index is 2.37. The Hall–Kier alpha value is -1.65.